The number of rotatable bonds is 9. The Labute approximate surface area is 224 Å². The molecule has 0 spiro atoms. The Balaban J connectivity index is 1.59. The molecule has 196 valence electrons. The van der Waals surface area contributed by atoms with Gasteiger partial charge in [-0.2, -0.15) is 0 Å². The summed E-state index contributed by atoms with van der Waals surface area (Å²) in [6.07, 6.45) is 2.44. The smallest absolute Gasteiger partial charge is 0.266 e. The van der Waals surface area contributed by atoms with Crippen molar-refractivity contribution in [2.75, 3.05) is 11.5 Å². The van der Waals surface area contributed by atoms with Gasteiger partial charge in [-0.15, -0.1) is 23.5 Å². The van der Waals surface area contributed by atoms with Gasteiger partial charge in [-0.05, 0) is 74.1 Å². The van der Waals surface area contributed by atoms with Gasteiger partial charge >= 0.3 is 0 Å². The second kappa shape index (κ2) is 11.5. The minimum atomic E-state index is -4.00. The summed E-state index contributed by atoms with van der Waals surface area (Å²) < 4.78 is 28.1. The second-order valence-electron chi connectivity index (χ2n) is 10.5. The number of hydrogen-bond acceptors (Lipinski definition) is 6. The van der Waals surface area contributed by atoms with Gasteiger partial charge < -0.3 is 5.11 Å². The van der Waals surface area contributed by atoms with Gasteiger partial charge in [0, 0.05) is 6.04 Å². The van der Waals surface area contributed by atoms with Crippen molar-refractivity contribution in [2.45, 2.75) is 74.0 Å². The molecule has 2 aliphatic rings. The largest absolute Gasteiger partial charge is 0.392 e. The van der Waals surface area contributed by atoms with Crippen LogP contribution in [0.4, 0.5) is 0 Å². The fraction of sp³-hybridized carbons (Fsp3) is 0.536. The van der Waals surface area contributed by atoms with E-state index in [1.165, 1.54) is 5.56 Å². The number of carbonyl (C=O) groups excluding carboxylic acids is 1. The lowest BCUT2D eigenvalue weighted by molar-refractivity contribution is -0.130. The fourth-order valence-electron chi connectivity index (χ4n) is 5.31. The molecule has 2 aromatic carbocycles. The van der Waals surface area contributed by atoms with E-state index < -0.39 is 34.0 Å². The van der Waals surface area contributed by atoms with Crippen molar-refractivity contribution in [3.63, 3.8) is 0 Å². The number of aliphatic hydroxyl groups excluding tert-OH is 1. The minimum absolute atomic E-state index is 0.129. The molecule has 2 aliphatic heterocycles. The molecular weight excluding hydrogens is 511 g/mol. The van der Waals surface area contributed by atoms with E-state index >= 15 is 0 Å². The first kappa shape index (κ1) is 27.6. The zero-order chi connectivity index (χ0) is 25.9. The van der Waals surface area contributed by atoms with E-state index in [9.17, 15) is 18.3 Å². The zero-order valence-corrected chi connectivity index (χ0v) is 23.7. The molecule has 2 fully saturated rings. The van der Waals surface area contributed by atoms with E-state index in [0.29, 0.717) is 19.3 Å². The Morgan fingerprint density at radius 2 is 1.69 bits per heavy atom. The van der Waals surface area contributed by atoms with Crippen molar-refractivity contribution in [2.24, 2.45) is 11.8 Å². The lowest BCUT2D eigenvalue weighted by atomic mass is 9.91. The van der Waals surface area contributed by atoms with Gasteiger partial charge in [0.25, 0.3) is 10.0 Å². The van der Waals surface area contributed by atoms with Crippen LogP contribution in [0.15, 0.2) is 59.5 Å². The molecule has 36 heavy (non-hydrogen) atoms. The molecule has 2 saturated heterocycles. The van der Waals surface area contributed by atoms with Crippen molar-refractivity contribution in [1.29, 1.82) is 0 Å². The number of sulfonamides is 1. The first-order valence-corrected chi connectivity index (χ1v) is 16.2. The Hall–Kier alpha value is -1.48. The van der Waals surface area contributed by atoms with E-state index in [-0.39, 0.29) is 14.9 Å². The maximum atomic E-state index is 13.7. The molecule has 2 heterocycles. The summed E-state index contributed by atoms with van der Waals surface area (Å²) in [6, 6.07) is 16.5. The second-order valence-corrected chi connectivity index (χ2v) is 15.5. The van der Waals surface area contributed by atoms with E-state index in [0.717, 1.165) is 34.2 Å². The Morgan fingerprint density at radius 1 is 1.06 bits per heavy atom. The monoisotopic (exact) mass is 547 g/mol. The Bertz CT molecular complexity index is 1130. The highest BCUT2D eigenvalue weighted by Crippen LogP contribution is 2.49. The first-order chi connectivity index (χ1) is 17.1. The predicted octanol–water partition coefficient (Wildman–Crippen LogP) is 5.51. The van der Waals surface area contributed by atoms with Crippen molar-refractivity contribution < 1.29 is 18.3 Å². The number of thioether (sulfide) groups is 2. The zero-order valence-electron chi connectivity index (χ0n) is 21.3. The Kier molecular flexibility index (Phi) is 8.80. The van der Waals surface area contributed by atoms with Crippen molar-refractivity contribution in [3.05, 3.63) is 65.7 Å². The topological polar surface area (TPSA) is 74.7 Å². The standard InChI is InChI=1S/C28H37NO4S3/c1-20(2)16-23-17-25(27(31)29(23)36(32,33)24-12-10-21(3)11-13-24)26(30)19-28(34-14-7-15-35-28)18-22-8-5-4-6-9-22/h4-6,8-13,20,23,25-26,30H,7,14-19H2,1-3H3/t23-,25+,26+/m0/s1. The van der Waals surface area contributed by atoms with Crippen LogP contribution in [-0.2, 0) is 21.2 Å². The van der Waals surface area contributed by atoms with E-state index in [2.05, 4.69) is 12.1 Å². The number of aliphatic hydroxyl groups is 1. The average Bonchev–Trinajstić information content (AvgIpc) is 3.16. The number of hydrogen-bond donors (Lipinski definition) is 1. The van der Waals surface area contributed by atoms with Gasteiger partial charge in [-0.25, -0.2) is 12.7 Å². The quantitative estimate of drug-likeness (QED) is 0.446. The Morgan fingerprint density at radius 3 is 2.31 bits per heavy atom. The average molecular weight is 548 g/mol. The van der Waals surface area contributed by atoms with E-state index in [1.807, 2.05) is 62.5 Å². The lowest BCUT2D eigenvalue weighted by Gasteiger charge is -2.38. The lowest BCUT2D eigenvalue weighted by Crippen LogP contribution is -2.42. The summed E-state index contributed by atoms with van der Waals surface area (Å²) in [5, 5.41) is 11.5. The number of nitrogens with zero attached hydrogens (tertiary/aromatic N) is 1. The minimum Gasteiger partial charge on any atom is -0.392 e. The number of benzene rings is 2. The highest BCUT2D eigenvalue weighted by atomic mass is 32.2. The van der Waals surface area contributed by atoms with Crippen LogP contribution < -0.4 is 0 Å². The number of carbonyl (C=O) groups is 1. The van der Waals surface area contributed by atoms with Crippen LogP contribution in [0, 0.1) is 18.8 Å². The van der Waals surface area contributed by atoms with Crippen LogP contribution in [-0.4, -0.2) is 51.5 Å². The molecule has 4 rings (SSSR count). The van der Waals surface area contributed by atoms with Crippen molar-refractivity contribution in [3.8, 4) is 0 Å². The first-order valence-electron chi connectivity index (χ1n) is 12.8. The predicted molar refractivity (Wildman–Crippen MR) is 150 cm³/mol. The molecule has 0 saturated carbocycles. The SMILES string of the molecule is Cc1ccc(S(=O)(=O)N2C(=O)[C@@H]([C@H](O)CC3(Cc4ccccc4)SCCCS3)C[C@@H]2CC(C)C)cc1. The maximum absolute atomic E-state index is 13.7. The van der Waals surface area contributed by atoms with Crippen molar-refractivity contribution in [1.82, 2.24) is 4.31 Å². The molecule has 5 nitrogen and oxygen atoms in total. The van der Waals surface area contributed by atoms with E-state index in [4.69, 9.17) is 0 Å². The summed E-state index contributed by atoms with van der Waals surface area (Å²) in [6.45, 7) is 5.97. The molecule has 0 bridgehead atoms. The van der Waals surface area contributed by atoms with Crippen LogP contribution >= 0.6 is 23.5 Å². The van der Waals surface area contributed by atoms with Crippen molar-refractivity contribution >= 4 is 39.5 Å². The number of aryl methyl sites for hydroxylation is 1. The third-order valence-corrected chi connectivity index (χ3v) is 12.3. The summed E-state index contributed by atoms with van der Waals surface area (Å²) in [4.78, 5) is 13.8. The molecule has 0 unspecified atom stereocenters. The van der Waals surface area contributed by atoms with Gasteiger partial charge in [-0.1, -0.05) is 61.9 Å². The van der Waals surface area contributed by atoms with Crippen LogP contribution in [0.3, 0.4) is 0 Å². The molecule has 1 N–H and O–H groups in total. The van der Waals surface area contributed by atoms with Gasteiger partial charge in [0.1, 0.15) is 0 Å². The van der Waals surface area contributed by atoms with Crippen LogP contribution in [0.2, 0.25) is 0 Å². The van der Waals surface area contributed by atoms with Gasteiger partial charge in [0.2, 0.25) is 5.91 Å². The molecular formula is C28H37NO4S3. The van der Waals surface area contributed by atoms with Crippen LogP contribution in [0.25, 0.3) is 0 Å². The summed E-state index contributed by atoms with van der Waals surface area (Å²) in [5.74, 6) is 1.09. The molecule has 0 aromatic heterocycles. The van der Waals surface area contributed by atoms with Crippen LogP contribution in [0.5, 0.6) is 0 Å². The van der Waals surface area contributed by atoms with E-state index in [1.54, 1.807) is 24.3 Å². The van der Waals surface area contributed by atoms with Crippen LogP contribution in [0.1, 0.15) is 50.7 Å². The third-order valence-electron chi connectivity index (χ3n) is 7.03. The number of amides is 1. The summed E-state index contributed by atoms with van der Waals surface area (Å²) in [5.41, 5.74) is 2.17. The molecule has 0 radical (unpaired) electrons. The molecule has 1 amide bonds. The molecule has 8 heteroatoms. The highest BCUT2D eigenvalue weighted by molar-refractivity contribution is 8.18. The molecule has 2 aromatic rings. The fourth-order valence-corrected chi connectivity index (χ4v) is 10.4. The van der Waals surface area contributed by atoms with Gasteiger partial charge in [0.05, 0.1) is 21.0 Å². The third kappa shape index (κ3) is 6.14. The summed E-state index contributed by atoms with van der Waals surface area (Å²) >= 11 is 3.74. The molecule has 3 atom stereocenters. The summed E-state index contributed by atoms with van der Waals surface area (Å²) in [7, 11) is -4.00. The maximum Gasteiger partial charge on any atom is 0.266 e. The highest BCUT2D eigenvalue weighted by Gasteiger charge is 2.50. The normalized spacial score (nSPS) is 23.2. The van der Waals surface area contributed by atoms with Gasteiger partial charge in [0.15, 0.2) is 0 Å². The van der Waals surface area contributed by atoms with Gasteiger partial charge in [-0.3, -0.25) is 4.79 Å². The molecule has 0 aliphatic carbocycles.